The van der Waals surface area contributed by atoms with Gasteiger partial charge in [-0.2, -0.15) is 0 Å². The summed E-state index contributed by atoms with van der Waals surface area (Å²) in [4.78, 5) is 4.90. The van der Waals surface area contributed by atoms with Crippen molar-refractivity contribution in [3.8, 4) is 0 Å². The summed E-state index contributed by atoms with van der Waals surface area (Å²) in [6.07, 6.45) is 5.09. The van der Waals surface area contributed by atoms with Crippen LogP contribution in [0.2, 0.25) is 0 Å². The fraction of sp³-hybridized carbons (Fsp3) is 0.375. The minimum absolute atomic E-state index is 0.493. The van der Waals surface area contributed by atoms with Crippen LogP contribution >= 0.6 is 11.5 Å². The second-order valence-electron chi connectivity index (χ2n) is 2.99. The van der Waals surface area contributed by atoms with E-state index < -0.39 is 6.10 Å². The SMILES string of the molecule is Cn1ccnc1CC(O)c1cnns1. The molecular formula is C8H10N4OS. The molecule has 2 heterocycles. The van der Waals surface area contributed by atoms with E-state index in [1.165, 1.54) is 11.5 Å². The lowest BCUT2D eigenvalue weighted by atomic mass is 10.2. The highest BCUT2D eigenvalue weighted by molar-refractivity contribution is 7.05. The normalized spacial score (nSPS) is 13.0. The summed E-state index contributed by atoms with van der Waals surface area (Å²) < 4.78 is 5.59. The molecule has 0 radical (unpaired) electrons. The van der Waals surface area contributed by atoms with Gasteiger partial charge in [0.15, 0.2) is 0 Å². The Bertz CT molecular complexity index is 397. The average molecular weight is 210 g/mol. The summed E-state index contributed by atoms with van der Waals surface area (Å²) in [6.45, 7) is 0. The standard InChI is InChI=1S/C8H10N4OS/c1-12-3-2-9-8(12)4-6(13)7-5-10-11-14-7/h2-3,5-6,13H,4H2,1H3. The summed E-state index contributed by atoms with van der Waals surface area (Å²) in [5.41, 5.74) is 0. The van der Waals surface area contributed by atoms with Gasteiger partial charge in [0.05, 0.1) is 17.2 Å². The van der Waals surface area contributed by atoms with Crippen molar-refractivity contribution in [3.05, 3.63) is 29.3 Å². The van der Waals surface area contributed by atoms with Crippen LogP contribution in [-0.2, 0) is 13.5 Å². The third kappa shape index (κ3) is 1.80. The van der Waals surface area contributed by atoms with Gasteiger partial charge in [-0.05, 0) is 11.5 Å². The van der Waals surface area contributed by atoms with Gasteiger partial charge in [-0.3, -0.25) is 0 Å². The minimum Gasteiger partial charge on any atom is -0.387 e. The molecule has 6 heteroatoms. The largest absolute Gasteiger partial charge is 0.387 e. The van der Waals surface area contributed by atoms with E-state index in [2.05, 4.69) is 14.6 Å². The first-order chi connectivity index (χ1) is 6.77. The van der Waals surface area contributed by atoms with Crippen LogP contribution in [-0.4, -0.2) is 24.2 Å². The van der Waals surface area contributed by atoms with Gasteiger partial charge in [-0.25, -0.2) is 4.98 Å². The maximum absolute atomic E-state index is 9.78. The van der Waals surface area contributed by atoms with Gasteiger partial charge in [0.25, 0.3) is 0 Å². The highest BCUT2D eigenvalue weighted by atomic mass is 32.1. The topological polar surface area (TPSA) is 63.8 Å². The molecule has 0 aliphatic heterocycles. The molecule has 1 N–H and O–H groups in total. The second-order valence-corrected chi connectivity index (χ2v) is 3.81. The van der Waals surface area contributed by atoms with Crippen LogP contribution in [0.4, 0.5) is 0 Å². The predicted octanol–water partition coefficient (Wildman–Crippen LogP) is 0.548. The van der Waals surface area contributed by atoms with Gasteiger partial charge in [0.2, 0.25) is 0 Å². The van der Waals surface area contributed by atoms with Gasteiger partial charge < -0.3 is 9.67 Å². The van der Waals surface area contributed by atoms with E-state index in [1.807, 2.05) is 17.8 Å². The fourth-order valence-electron chi connectivity index (χ4n) is 1.19. The Balaban J connectivity index is 2.09. The predicted molar refractivity (Wildman–Crippen MR) is 51.8 cm³/mol. The van der Waals surface area contributed by atoms with Crippen molar-refractivity contribution >= 4 is 11.5 Å². The molecule has 0 saturated heterocycles. The van der Waals surface area contributed by atoms with Crippen molar-refractivity contribution < 1.29 is 5.11 Å². The number of hydrogen-bond acceptors (Lipinski definition) is 5. The number of aliphatic hydroxyl groups excluding tert-OH is 1. The molecule has 5 nitrogen and oxygen atoms in total. The van der Waals surface area contributed by atoms with E-state index in [-0.39, 0.29) is 0 Å². The van der Waals surface area contributed by atoms with E-state index in [4.69, 9.17) is 0 Å². The zero-order chi connectivity index (χ0) is 9.97. The van der Waals surface area contributed by atoms with Crippen LogP contribution in [0.5, 0.6) is 0 Å². The zero-order valence-electron chi connectivity index (χ0n) is 7.66. The van der Waals surface area contributed by atoms with Crippen LogP contribution in [0, 0.1) is 0 Å². The second kappa shape index (κ2) is 3.85. The first kappa shape index (κ1) is 9.29. The van der Waals surface area contributed by atoms with Crippen LogP contribution in [0.3, 0.4) is 0 Å². The summed E-state index contributed by atoms with van der Waals surface area (Å²) >= 11 is 1.21. The van der Waals surface area contributed by atoms with Crippen molar-refractivity contribution in [2.24, 2.45) is 7.05 Å². The Morgan fingerprint density at radius 3 is 3.07 bits per heavy atom. The first-order valence-corrected chi connectivity index (χ1v) is 4.96. The highest BCUT2D eigenvalue weighted by Gasteiger charge is 2.13. The maximum atomic E-state index is 9.78. The number of nitrogens with zero attached hydrogens (tertiary/aromatic N) is 4. The number of aliphatic hydroxyl groups is 1. The van der Waals surface area contributed by atoms with Gasteiger partial charge in [0.1, 0.15) is 5.82 Å². The fourth-order valence-corrected chi connectivity index (χ4v) is 1.68. The molecular weight excluding hydrogens is 200 g/mol. The Morgan fingerprint density at radius 2 is 2.50 bits per heavy atom. The van der Waals surface area contributed by atoms with Gasteiger partial charge in [0, 0.05) is 25.9 Å². The molecule has 1 atom stereocenters. The average Bonchev–Trinajstić information content (AvgIpc) is 2.77. The molecule has 0 aliphatic carbocycles. The lowest BCUT2D eigenvalue weighted by Crippen LogP contribution is -2.05. The van der Waals surface area contributed by atoms with Crippen LogP contribution in [0.25, 0.3) is 0 Å². The summed E-state index contributed by atoms with van der Waals surface area (Å²) in [6, 6.07) is 0. The van der Waals surface area contributed by atoms with Crippen molar-refractivity contribution in [2.75, 3.05) is 0 Å². The highest BCUT2D eigenvalue weighted by Crippen LogP contribution is 2.18. The molecule has 0 amide bonds. The number of imidazole rings is 1. The van der Waals surface area contributed by atoms with E-state index in [0.717, 1.165) is 10.7 Å². The maximum Gasteiger partial charge on any atom is 0.111 e. The number of rotatable bonds is 3. The third-order valence-corrected chi connectivity index (χ3v) is 2.77. The Hall–Kier alpha value is -1.27. The first-order valence-electron chi connectivity index (χ1n) is 4.19. The molecule has 0 aliphatic rings. The van der Waals surface area contributed by atoms with E-state index in [0.29, 0.717) is 6.42 Å². The Morgan fingerprint density at radius 1 is 1.64 bits per heavy atom. The van der Waals surface area contributed by atoms with Crippen LogP contribution in [0.1, 0.15) is 16.8 Å². The number of hydrogen-bond donors (Lipinski definition) is 1. The molecule has 2 aromatic rings. The van der Waals surface area contributed by atoms with E-state index in [9.17, 15) is 5.11 Å². The van der Waals surface area contributed by atoms with Crippen molar-refractivity contribution in [1.29, 1.82) is 0 Å². The third-order valence-electron chi connectivity index (χ3n) is 2.00. The molecule has 0 spiro atoms. The molecule has 14 heavy (non-hydrogen) atoms. The van der Waals surface area contributed by atoms with Crippen LogP contribution < -0.4 is 0 Å². The summed E-state index contributed by atoms with van der Waals surface area (Å²) in [5.74, 6) is 0.853. The molecule has 0 aromatic carbocycles. The zero-order valence-corrected chi connectivity index (χ0v) is 8.48. The molecule has 0 bridgehead atoms. The smallest absolute Gasteiger partial charge is 0.111 e. The molecule has 1 unspecified atom stereocenters. The minimum atomic E-state index is -0.559. The molecule has 2 rings (SSSR count). The van der Waals surface area contributed by atoms with Crippen LogP contribution in [0.15, 0.2) is 18.6 Å². The van der Waals surface area contributed by atoms with Gasteiger partial charge in [-0.15, -0.1) is 5.10 Å². The monoisotopic (exact) mass is 210 g/mol. The van der Waals surface area contributed by atoms with E-state index in [1.54, 1.807) is 12.4 Å². The quantitative estimate of drug-likeness (QED) is 0.803. The summed E-state index contributed by atoms with van der Waals surface area (Å²) in [5, 5.41) is 13.5. The number of aryl methyl sites for hydroxylation is 1. The lowest BCUT2D eigenvalue weighted by Gasteiger charge is -2.06. The Kier molecular flexibility index (Phi) is 2.55. The molecule has 0 fully saturated rings. The molecule has 74 valence electrons. The van der Waals surface area contributed by atoms with Crippen molar-refractivity contribution in [2.45, 2.75) is 12.5 Å². The van der Waals surface area contributed by atoms with Crippen molar-refractivity contribution in [1.82, 2.24) is 19.1 Å². The summed E-state index contributed by atoms with van der Waals surface area (Å²) in [7, 11) is 1.90. The van der Waals surface area contributed by atoms with Gasteiger partial charge >= 0.3 is 0 Å². The van der Waals surface area contributed by atoms with E-state index >= 15 is 0 Å². The molecule has 2 aromatic heterocycles. The lowest BCUT2D eigenvalue weighted by molar-refractivity contribution is 0.178. The Labute approximate surface area is 85.2 Å². The van der Waals surface area contributed by atoms with Gasteiger partial charge in [-0.1, -0.05) is 4.49 Å². The molecule has 0 saturated carbocycles. The van der Waals surface area contributed by atoms with Crippen molar-refractivity contribution in [3.63, 3.8) is 0 Å². The number of aromatic nitrogens is 4.